The molecule has 0 saturated heterocycles. The van der Waals surface area contributed by atoms with E-state index in [-0.39, 0.29) is 0 Å². The van der Waals surface area contributed by atoms with Crippen LogP contribution in [0.2, 0.25) is 0 Å². The molecule has 1 nitrogen and oxygen atoms in total. The molecule has 106 valence electrons. The Kier molecular flexibility index (Phi) is 7.44. The second kappa shape index (κ2) is 9.43. The third kappa shape index (κ3) is 4.84. The van der Waals surface area contributed by atoms with Gasteiger partial charge in [-0.15, -0.1) is 12.8 Å². The first kappa shape index (κ1) is 16.6. The maximum Gasteiger partial charge on any atom is 0.0437 e. The normalized spacial score (nSPS) is 8.95. The molecule has 0 atom stereocenters. The molecule has 21 heavy (non-hydrogen) atoms. The Hall–Kier alpha value is -2.48. The third-order valence-electron chi connectivity index (χ3n) is 2.86. The zero-order valence-electron chi connectivity index (χ0n) is 12.6. The largest absolute Gasteiger partial charge is 0.382 e. The van der Waals surface area contributed by atoms with E-state index in [1.807, 2.05) is 62.4 Å². The Morgan fingerprint density at radius 1 is 0.762 bits per heavy atom. The van der Waals surface area contributed by atoms with Gasteiger partial charge in [0, 0.05) is 24.3 Å². The van der Waals surface area contributed by atoms with Gasteiger partial charge < -0.3 is 4.74 Å². The first-order valence-electron chi connectivity index (χ1n) is 6.97. The third-order valence-corrected chi connectivity index (χ3v) is 2.86. The van der Waals surface area contributed by atoms with Gasteiger partial charge >= 0.3 is 0 Å². The summed E-state index contributed by atoms with van der Waals surface area (Å²) in [6.45, 7) is 5.67. The Bertz CT molecular complexity index is 584. The van der Waals surface area contributed by atoms with Crippen LogP contribution < -0.4 is 0 Å². The lowest BCUT2D eigenvalue weighted by Crippen LogP contribution is -1.87. The Morgan fingerprint density at radius 2 is 1.14 bits per heavy atom. The maximum absolute atomic E-state index is 5.48. The zero-order chi connectivity index (χ0) is 15.5. The monoisotopic (exact) mass is 276 g/mol. The Labute approximate surface area is 128 Å². The van der Waals surface area contributed by atoms with Crippen molar-refractivity contribution in [1.82, 2.24) is 0 Å². The summed E-state index contributed by atoms with van der Waals surface area (Å²) in [5.74, 6) is 5.35. The molecule has 2 rings (SSSR count). The van der Waals surface area contributed by atoms with Gasteiger partial charge in [0.15, 0.2) is 0 Å². The molecule has 0 unspecified atom stereocenters. The highest BCUT2D eigenvalue weighted by molar-refractivity contribution is 5.76. The smallest absolute Gasteiger partial charge is 0.0437 e. The van der Waals surface area contributed by atoms with E-state index in [4.69, 9.17) is 17.6 Å². The van der Waals surface area contributed by atoms with Crippen LogP contribution in [0.15, 0.2) is 48.5 Å². The summed E-state index contributed by atoms with van der Waals surface area (Å²) in [5, 5.41) is 0. The molecule has 0 fully saturated rings. The summed E-state index contributed by atoms with van der Waals surface area (Å²) >= 11 is 0. The number of hydrogen-bond donors (Lipinski definition) is 0. The van der Waals surface area contributed by atoms with Crippen molar-refractivity contribution in [2.24, 2.45) is 0 Å². The summed E-state index contributed by atoms with van der Waals surface area (Å²) in [6, 6.07) is 15.6. The lowest BCUT2D eigenvalue weighted by molar-refractivity contribution is 0.162. The fraction of sp³-hybridized carbons (Fsp3) is 0.200. The molecule has 0 heterocycles. The van der Waals surface area contributed by atoms with Crippen molar-refractivity contribution in [1.29, 1.82) is 0 Å². The topological polar surface area (TPSA) is 9.23 Å². The molecule has 0 saturated carbocycles. The van der Waals surface area contributed by atoms with Crippen LogP contribution in [0, 0.1) is 24.7 Å². The van der Waals surface area contributed by atoms with Crippen LogP contribution in [0.3, 0.4) is 0 Å². The number of hydrogen-bond acceptors (Lipinski definition) is 1. The summed E-state index contributed by atoms with van der Waals surface area (Å²) in [5.41, 5.74) is 3.76. The molecule has 2 aromatic carbocycles. The minimum absolute atomic E-state index is 0.844. The van der Waals surface area contributed by atoms with Gasteiger partial charge in [-0.25, -0.2) is 0 Å². The highest BCUT2D eigenvalue weighted by atomic mass is 16.5. The standard InChI is InChI=1S/C16H10.C4H10O/c1-3-13-9-5-7-11-15(13)16-12-8-6-10-14(16)4-2;1-3-5-4-2/h1-2,5-12H;3-4H2,1-2H3. The molecule has 0 aliphatic carbocycles. The van der Waals surface area contributed by atoms with Gasteiger partial charge in [-0.1, -0.05) is 48.2 Å². The molecule has 0 radical (unpaired) electrons. The molecular formula is C20H20O. The summed E-state index contributed by atoms with van der Waals surface area (Å²) in [6.07, 6.45) is 11.0. The Balaban J connectivity index is 0.000000383. The number of terminal acetylenes is 2. The van der Waals surface area contributed by atoms with Crippen molar-refractivity contribution in [3.63, 3.8) is 0 Å². The van der Waals surface area contributed by atoms with Crippen LogP contribution in [-0.2, 0) is 4.74 Å². The predicted octanol–water partition coefficient (Wildman–Crippen LogP) is 4.36. The zero-order valence-corrected chi connectivity index (χ0v) is 12.6. The van der Waals surface area contributed by atoms with Gasteiger partial charge in [0.2, 0.25) is 0 Å². The fourth-order valence-corrected chi connectivity index (χ4v) is 1.89. The van der Waals surface area contributed by atoms with E-state index < -0.39 is 0 Å². The molecule has 0 spiro atoms. The van der Waals surface area contributed by atoms with Gasteiger partial charge in [-0.3, -0.25) is 0 Å². The van der Waals surface area contributed by atoms with Crippen molar-refractivity contribution in [2.45, 2.75) is 13.8 Å². The first-order chi connectivity index (χ1) is 10.3. The molecule has 0 aliphatic rings. The minimum Gasteiger partial charge on any atom is -0.382 e. The second-order valence-electron chi connectivity index (χ2n) is 4.16. The highest BCUT2D eigenvalue weighted by Crippen LogP contribution is 2.25. The van der Waals surface area contributed by atoms with E-state index in [0.29, 0.717) is 0 Å². The molecule has 0 aliphatic heterocycles. The number of benzene rings is 2. The molecule has 0 bridgehead atoms. The van der Waals surface area contributed by atoms with Crippen molar-refractivity contribution < 1.29 is 4.74 Å². The van der Waals surface area contributed by atoms with Crippen molar-refractivity contribution in [3.05, 3.63) is 59.7 Å². The van der Waals surface area contributed by atoms with E-state index in [9.17, 15) is 0 Å². The van der Waals surface area contributed by atoms with E-state index in [2.05, 4.69) is 11.8 Å². The molecule has 0 aromatic heterocycles. The molecule has 0 amide bonds. The van der Waals surface area contributed by atoms with Gasteiger partial charge in [0.05, 0.1) is 0 Å². The lowest BCUT2D eigenvalue weighted by atomic mass is 9.96. The van der Waals surface area contributed by atoms with E-state index in [1.165, 1.54) is 0 Å². The van der Waals surface area contributed by atoms with Crippen molar-refractivity contribution >= 4 is 0 Å². The van der Waals surface area contributed by atoms with E-state index in [1.54, 1.807) is 0 Å². The Morgan fingerprint density at radius 3 is 1.43 bits per heavy atom. The van der Waals surface area contributed by atoms with Crippen LogP contribution in [0.25, 0.3) is 11.1 Å². The number of rotatable bonds is 3. The summed E-state index contributed by atoms with van der Waals surface area (Å²) in [7, 11) is 0. The van der Waals surface area contributed by atoms with Crippen LogP contribution in [0.4, 0.5) is 0 Å². The summed E-state index contributed by atoms with van der Waals surface area (Å²) < 4.78 is 4.83. The van der Waals surface area contributed by atoms with Gasteiger partial charge in [0.1, 0.15) is 0 Å². The van der Waals surface area contributed by atoms with E-state index in [0.717, 1.165) is 35.5 Å². The first-order valence-corrected chi connectivity index (χ1v) is 6.97. The quantitative estimate of drug-likeness (QED) is 0.757. The molecular weight excluding hydrogens is 256 g/mol. The SMILES string of the molecule is C#Cc1ccccc1-c1ccccc1C#C.CCOCC. The second-order valence-corrected chi connectivity index (χ2v) is 4.16. The molecule has 0 N–H and O–H groups in total. The minimum atomic E-state index is 0.844. The maximum atomic E-state index is 5.48. The number of ether oxygens (including phenoxy) is 1. The fourth-order valence-electron chi connectivity index (χ4n) is 1.89. The predicted molar refractivity (Wildman–Crippen MR) is 89.9 cm³/mol. The lowest BCUT2D eigenvalue weighted by Gasteiger charge is -2.07. The van der Waals surface area contributed by atoms with Gasteiger partial charge in [-0.2, -0.15) is 0 Å². The van der Waals surface area contributed by atoms with Crippen LogP contribution in [0.1, 0.15) is 25.0 Å². The van der Waals surface area contributed by atoms with Crippen LogP contribution in [-0.4, -0.2) is 13.2 Å². The van der Waals surface area contributed by atoms with Crippen LogP contribution >= 0.6 is 0 Å². The molecule has 1 heteroatoms. The van der Waals surface area contributed by atoms with E-state index >= 15 is 0 Å². The van der Waals surface area contributed by atoms with Crippen LogP contribution in [0.5, 0.6) is 0 Å². The van der Waals surface area contributed by atoms with Gasteiger partial charge in [-0.05, 0) is 37.1 Å². The van der Waals surface area contributed by atoms with Crippen molar-refractivity contribution in [2.75, 3.05) is 13.2 Å². The average Bonchev–Trinajstić information content (AvgIpc) is 2.56. The van der Waals surface area contributed by atoms with Crippen molar-refractivity contribution in [3.8, 4) is 35.8 Å². The van der Waals surface area contributed by atoms with Gasteiger partial charge in [0.25, 0.3) is 0 Å². The molecule has 2 aromatic rings. The summed E-state index contributed by atoms with van der Waals surface area (Å²) in [4.78, 5) is 0. The average molecular weight is 276 g/mol. The highest BCUT2D eigenvalue weighted by Gasteiger charge is 2.05.